The van der Waals surface area contributed by atoms with Crippen LogP contribution in [0.5, 0.6) is 0 Å². The van der Waals surface area contributed by atoms with Crippen molar-refractivity contribution in [3.63, 3.8) is 0 Å². The second kappa shape index (κ2) is 10.5. The maximum Gasteiger partial charge on any atom is 0.280 e. The molecule has 1 saturated heterocycles. The third-order valence-corrected chi connectivity index (χ3v) is 7.80. The Kier molecular flexibility index (Phi) is 7.48. The van der Waals surface area contributed by atoms with Gasteiger partial charge in [-0.25, -0.2) is 18.4 Å². The first kappa shape index (κ1) is 24.2. The summed E-state index contributed by atoms with van der Waals surface area (Å²) >= 11 is 1.22. The molecule has 180 valence electrons. The normalized spacial score (nSPS) is 16.8. The number of sulfonamides is 1. The van der Waals surface area contributed by atoms with Crippen molar-refractivity contribution in [2.75, 3.05) is 38.7 Å². The topological polar surface area (TPSA) is 143 Å². The Bertz CT molecular complexity index is 1250. The van der Waals surface area contributed by atoms with E-state index in [2.05, 4.69) is 20.4 Å². The van der Waals surface area contributed by atoms with Crippen LogP contribution in [-0.4, -0.2) is 78.9 Å². The number of ether oxygens (including phenoxy) is 1. The van der Waals surface area contributed by atoms with Gasteiger partial charge < -0.3 is 14.7 Å². The van der Waals surface area contributed by atoms with Gasteiger partial charge in [0.1, 0.15) is 10.3 Å². The number of carbonyl (C=O) groups excluding carboxylic acids is 1. The molecule has 0 spiro atoms. The molecule has 0 radical (unpaired) electrons. The van der Waals surface area contributed by atoms with E-state index in [1.807, 2.05) is 0 Å². The van der Waals surface area contributed by atoms with Crippen molar-refractivity contribution >= 4 is 48.5 Å². The average molecular weight is 506 g/mol. The predicted molar refractivity (Wildman–Crippen MR) is 126 cm³/mol. The summed E-state index contributed by atoms with van der Waals surface area (Å²) in [6.45, 7) is 0.590. The first-order valence-corrected chi connectivity index (χ1v) is 12.7. The summed E-state index contributed by atoms with van der Waals surface area (Å²) in [4.78, 5) is 27.9. The summed E-state index contributed by atoms with van der Waals surface area (Å²) < 4.78 is 31.6. The number of aliphatic hydroxyl groups excluding tert-OH is 1. The third-order valence-electron chi connectivity index (χ3n) is 5.03. The van der Waals surface area contributed by atoms with Gasteiger partial charge in [-0.1, -0.05) is 28.6 Å². The van der Waals surface area contributed by atoms with E-state index in [4.69, 9.17) is 14.7 Å². The summed E-state index contributed by atoms with van der Waals surface area (Å²) in [6.07, 6.45) is 2.02. The molecular weight excluding hydrogens is 482 g/mol. The number of hydrogen-bond donors (Lipinski definition) is 2. The highest BCUT2D eigenvalue weighted by Gasteiger charge is 2.24. The minimum atomic E-state index is -3.78. The Labute approximate surface area is 200 Å². The first-order chi connectivity index (χ1) is 16.4. The Morgan fingerprint density at radius 3 is 2.82 bits per heavy atom. The maximum atomic E-state index is 13.1. The number of oxime groups is 1. The van der Waals surface area contributed by atoms with Gasteiger partial charge in [-0.3, -0.25) is 10.1 Å². The number of fused-ring (bicyclic) bond motifs is 1. The van der Waals surface area contributed by atoms with Crippen LogP contribution in [-0.2, 0) is 24.4 Å². The van der Waals surface area contributed by atoms with E-state index in [9.17, 15) is 13.2 Å². The second-order valence-corrected chi connectivity index (χ2v) is 10.4. The minimum Gasteiger partial charge on any atom is -0.395 e. The number of amides is 1. The number of nitrogens with zero attached hydrogens (tertiary/aromatic N) is 4. The molecule has 0 unspecified atom stereocenters. The van der Waals surface area contributed by atoms with Gasteiger partial charge in [0.15, 0.2) is 16.9 Å². The number of thiazole rings is 1. The molecular formula is C21H23N5O6S2. The van der Waals surface area contributed by atoms with Crippen molar-refractivity contribution in [3.05, 3.63) is 48.2 Å². The van der Waals surface area contributed by atoms with E-state index >= 15 is 0 Å². The SMILES string of the molecule is CN(CCO)S(=O)(=O)c1ccc(/C(=N\O[C@@H]2CCOC2)C(=O)Nc2nc3cccnc3s2)cc1. The molecule has 2 aromatic heterocycles. The molecule has 0 aliphatic carbocycles. The molecule has 13 heteroatoms. The molecule has 3 heterocycles. The maximum absolute atomic E-state index is 13.1. The van der Waals surface area contributed by atoms with Crippen LogP contribution in [0.1, 0.15) is 12.0 Å². The molecule has 0 bridgehead atoms. The van der Waals surface area contributed by atoms with Crippen molar-refractivity contribution in [1.82, 2.24) is 14.3 Å². The minimum absolute atomic E-state index is 0.0225. The molecule has 1 amide bonds. The first-order valence-electron chi connectivity index (χ1n) is 10.4. The second-order valence-electron chi connectivity index (χ2n) is 7.41. The zero-order valence-corrected chi connectivity index (χ0v) is 19.9. The van der Waals surface area contributed by atoms with Crippen molar-refractivity contribution in [2.45, 2.75) is 17.4 Å². The number of aliphatic hydroxyl groups is 1. The predicted octanol–water partition coefficient (Wildman–Crippen LogP) is 1.45. The largest absolute Gasteiger partial charge is 0.395 e. The van der Waals surface area contributed by atoms with Gasteiger partial charge in [0.2, 0.25) is 10.0 Å². The number of nitrogens with one attached hydrogen (secondary N) is 1. The molecule has 1 atom stereocenters. The van der Waals surface area contributed by atoms with Gasteiger partial charge in [0.25, 0.3) is 5.91 Å². The fraction of sp³-hybridized carbons (Fsp3) is 0.333. The lowest BCUT2D eigenvalue weighted by Gasteiger charge is -2.16. The molecule has 0 saturated carbocycles. The molecule has 1 aromatic carbocycles. The molecule has 1 aliphatic heterocycles. The summed E-state index contributed by atoms with van der Waals surface area (Å²) in [7, 11) is -2.40. The van der Waals surface area contributed by atoms with Crippen molar-refractivity contribution in [1.29, 1.82) is 0 Å². The Balaban J connectivity index is 1.60. The van der Waals surface area contributed by atoms with Crippen LogP contribution >= 0.6 is 11.3 Å². The average Bonchev–Trinajstić information content (AvgIpc) is 3.49. The summed E-state index contributed by atoms with van der Waals surface area (Å²) in [5.74, 6) is -0.564. The van der Waals surface area contributed by atoms with E-state index in [0.717, 1.165) is 4.31 Å². The Morgan fingerprint density at radius 1 is 1.35 bits per heavy atom. The number of rotatable bonds is 9. The standard InChI is InChI=1S/C21H23N5O6S2/c1-26(10-11-27)34(29,30)16-6-4-14(5-7-16)18(25-32-15-8-12-31-13-15)19(28)24-21-23-17-3-2-9-22-20(17)33-21/h2-7,9,15,27H,8,10-13H2,1H3,(H,23,24,28)/b25-18+/t15-/m1/s1. The number of benzene rings is 1. The molecule has 3 aromatic rings. The highest BCUT2D eigenvalue weighted by atomic mass is 32.2. The van der Waals surface area contributed by atoms with Gasteiger partial charge >= 0.3 is 0 Å². The fourth-order valence-corrected chi connectivity index (χ4v) is 5.12. The smallest absolute Gasteiger partial charge is 0.280 e. The number of hydrogen-bond acceptors (Lipinski definition) is 10. The number of pyridine rings is 1. The Hall–Kier alpha value is -2.97. The number of carbonyl (C=O) groups is 1. The van der Waals surface area contributed by atoms with Crippen LogP contribution in [0.3, 0.4) is 0 Å². The highest BCUT2D eigenvalue weighted by molar-refractivity contribution is 7.89. The van der Waals surface area contributed by atoms with E-state index < -0.39 is 15.9 Å². The van der Waals surface area contributed by atoms with Crippen molar-refractivity contribution in [2.24, 2.45) is 5.16 Å². The van der Waals surface area contributed by atoms with Crippen molar-refractivity contribution in [3.8, 4) is 0 Å². The molecule has 34 heavy (non-hydrogen) atoms. The fourth-order valence-electron chi connectivity index (χ4n) is 3.15. The van der Waals surface area contributed by atoms with Crippen LogP contribution in [0.2, 0.25) is 0 Å². The summed E-state index contributed by atoms with van der Waals surface area (Å²) in [6, 6.07) is 9.26. The van der Waals surface area contributed by atoms with Gasteiger partial charge in [-0.2, -0.15) is 4.31 Å². The van der Waals surface area contributed by atoms with E-state index in [0.29, 0.717) is 40.7 Å². The van der Waals surface area contributed by atoms with E-state index in [1.165, 1.54) is 42.6 Å². The summed E-state index contributed by atoms with van der Waals surface area (Å²) in [5, 5.41) is 16.2. The van der Waals surface area contributed by atoms with Gasteiger partial charge in [0, 0.05) is 31.8 Å². The Morgan fingerprint density at radius 2 is 2.15 bits per heavy atom. The van der Waals surface area contributed by atoms with Crippen LogP contribution in [0.25, 0.3) is 10.3 Å². The molecule has 1 aliphatic rings. The van der Waals surface area contributed by atoms with Crippen LogP contribution < -0.4 is 5.32 Å². The number of anilines is 1. The molecule has 4 rings (SSSR count). The lowest BCUT2D eigenvalue weighted by Crippen LogP contribution is -2.29. The van der Waals surface area contributed by atoms with Crippen LogP contribution in [0.15, 0.2) is 52.6 Å². The van der Waals surface area contributed by atoms with Crippen LogP contribution in [0, 0.1) is 0 Å². The monoisotopic (exact) mass is 505 g/mol. The van der Waals surface area contributed by atoms with Crippen molar-refractivity contribution < 1.29 is 27.9 Å². The summed E-state index contributed by atoms with van der Waals surface area (Å²) in [5.41, 5.74) is 0.980. The van der Waals surface area contributed by atoms with Gasteiger partial charge in [-0.15, -0.1) is 0 Å². The lowest BCUT2D eigenvalue weighted by molar-refractivity contribution is -0.110. The number of likely N-dealkylation sites (N-methyl/N-ethyl adjacent to an activating group) is 1. The quantitative estimate of drug-likeness (QED) is 0.329. The van der Waals surface area contributed by atoms with E-state index in [1.54, 1.807) is 18.3 Å². The third kappa shape index (κ3) is 5.39. The molecule has 2 N–H and O–H groups in total. The molecule has 1 fully saturated rings. The lowest BCUT2D eigenvalue weighted by atomic mass is 10.1. The van der Waals surface area contributed by atoms with Gasteiger partial charge in [0.05, 0.1) is 24.7 Å². The zero-order valence-electron chi connectivity index (χ0n) is 18.2. The highest BCUT2D eigenvalue weighted by Crippen LogP contribution is 2.24. The molecule has 11 nitrogen and oxygen atoms in total. The van der Waals surface area contributed by atoms with E-state index in [-0.39, 0.29) is 29.9 Å². The van der Waals surface area contributed by atoms with Crippen LogP contribution in [0.4, 0.5) is 5.13 Å². The zero-order chi connectivity index (χ0) is 24.1. The number of aromatic nitrogens is 2. The van der Waals surface area contributed by atoms with Gasteiger partial charge in [-0.05, 0) is 24.3 Å².